The van der Waals surface area contributed by atoms with E-state index in [9.17, 15) is 23.3 Å². The molecule has 1 amide bonds. The van der Waals surface area contributed by atoms with E-state index in [0.29, 0.717) is 10.6 Å². The maximum atomic E-state index is 13.0. The third-order valence-corrected chi connectivity index (χ3v) is 7.29. The van der Waals surface area contributed by atoms with E-state index in [1.165, 1.54) is 33.5 Å². The topological polar surface area (TPSA) is 101 Å². The van der Waals surface area contributed by atoms with E-state index >= 15 is 0 Å². The molecular formula is C18H17Cl2N3O5S. The summed E-state index contributed by atoms with van der Waals surface area (Å²) >= 11 is 12.0. The zero-order valence-corrected chi connectivity index (χ0v) is 17.7. The Morgan fingerprint density at radius 1 is 1.07 bits per heavy atom. The van der Waals surface area contributed by atoms with Crippen LogP contribution in [0.5, 0.6) is 0 Å². The molecule has 3 rings (SSSR count). The summed E-state index contributed by atoms with van der Waals surface area (Å²) in [5.41, 5.74) is 0.378. The smallest absolute Gasteiger partial charge is 0.270 e. The normalized spacial score (nSPS) is 15.3. The van der Waals surface area contributed by atoms with E-state index < -0.39 is 14.9 Å². The van der Waals surface area contributed by atoms with Gasteiger partial charge in [-0.05, 0) is 30.7 Å². The molecule has 1 heterocycles. The molecule has 154 valence electrons. The minimum atomic E-state index is -3.93. The number of benzene rings is 2. The minimum Gasteiger partial charge on any atom is -0.336 e. The molecule has 0 spiro atoms. The molecule has 8 nitrogen and oxygen atoms in total. The molecule has 1 saturated heterocycles. The predicted molar refractivity (Wildman–Crippen MR) is 109 cm³/mol. The second-order valence-electron chi connectivity index (χ2n) is 6.53. The van der Waals surface area contributed by atoms with Crippen molar-refractivity contribution in [3.05, 3.63) is 67.7 Å². The highest BCUT2D eigenvalue weighted by atomic mass is 35.5. The van der Waals surface area contributed by atoms with Crippen LogP contribution in [0.1, 0.15) is 15.9 Å². The van der Waals surface area contributed by atoms with Crippen LogP contribution < -0.4 is 0 Å². The summed E-state index contributed by atoms with van der Waals surface area (Å²) in [5, 5.41) is 11.6. The standard InChI is InChI=1S/C18H17Cl2N3O5S/c1-12-2-4-14(23(25)26)11-17(12)29(27,28)22-8-6-21(7-9-22)18(24)15-10-13(19)3-5-16(15)20/h2-5,10-11H,6-9H2,1H3. The number of carbonyl (C=O) groups is 1. The van der Waals surface area contributed by atoms with Gasteiger partial charge in [0, 0.05) is 43.3 Å². The van der Waals surface area contributed by atoms with Crippen molar-refractivity contribution in [3.63, 3.8) is 0 Å². The molecule has 0 atom stereocenters. The summed E-state index contributed by atoms with van der Waals surface area (Å²) < 4.78 is 27.2. The largest absolute Gasteiger partial charge is 0.336 e. The molecule has 0 saturated carbocycles. The van der Waals surface area contributed by atoms with Crippen molar-refractivity contribution in [2.45, 2.75) is 11.8 Å². The summed E-state index contributed by atoms with van der Waals surface area (Å²) in [5.74, 6) is -0.332. The zero-order chi connectivity index (χ0) is 21.3. The number of non-ortho nitro benzene ring substituents is 1. The number of rotatable bonds is 4. The minimum absolute atomic E-state index is 0.0639. The van der Waals surface area contributed by atoms with Crippen molar-refractivity contribution in [2.24, 2.45) is 0 Å². The second-order valence-corrected chi connectivity index (χ2v) is 9.28. The molecule has 11 heteroatoms. The summed E-state index contributed by atoms with van der Waals surface area (Å²) in [7, 11) is -3.93. The van der Waals surface area contributed by atoms with Gasteiger partial charge in [-0.25, -0.2) is 8.42 Å². The van der Waals surface area contributed by atoms with Crippen LogP contribution in [0.25, 0.3) is 0 Å². The molecule has 0 radical (unpaired) electrons. The van der Waals surface area contributed by atoms with Gasteiger partial charge in [0.15, 0.2) is 0 Å². The summed E-state index contributed by atoms with van der Waals surface area (Å²) in [4.78, 5) is 24.5. The van der Waals surface area contributed by atoms with Gasteiger partial charge in [-0.15, -0.1) is 0 Å². The van der Waals surface area contributed by atoms with Gasteiger partial charge in [-0.3, -0.25) is 14.9 Å². The van der Waals surface area contributed by atoms with Gasteiger partial charge in [0.2, 0.25) is 10.0 Å². The molecule has 2 aromatic carbocycles. The quantitative estimate of drug-likeness (QED) is 0.517. The first-order valence-corrected chi connectivity index (χ1v) is 10.8. The molecule has 0 aromatic heterocycles. The lowest BCUT2D eigenvalue weighted by Crippen LogP contribution is -2.50. The van der Waals surface area contributed by atoms with Crippen LogP contribution in [0, 0.1) is 17.0 Å². The number of carbonyl (C=O) groups excluding carboxylic acids is 1. The van der Waals surface area contributed by atoms with Crippen LogP contribution in [0.4, 0.5) is 5.69 Å². The van der Waals surface area contributed by atoms with Gasteiger partial charge in [0.05, 0.1) is 20.4 Å². The highest BCUT2D eigenvalue weighted by molar-refractivity contribution is 7.89. The van der Waals surface area contributed by atoms with E-state index in [1.54, 1.807) is 13.0 Å². The zero-order valence-electron chi connectivity index (χ0n) is 15.3. The van der Waals surface area contributed by atoms with Crippen molar-refractivity contribution in [1.82, 2.24) is 9.21 Å². The average Bonchev–Trinajstić information content (AvgIpc) is 2.69. The molecule has 0 bridgehead atoms. The van der Waals surface area contributed by atoms with Gasteiger partial charge < -0.3 is 4.90 Å². The Kier molecular flexibility index (Phi) is 6.13. The Bertz CT molecular complexity index is 1080. The number of sulfonamides is 1. The summed E-state index contributed by atoms with van der Waals surface area (Å²) in [6.45, 7) is 2.03. The van der Waals surface area contributed by atoms with E-state index in [-0.39, 0.29) is 53.3 Å². The number of hydrogen-bond acceptors (Lipinski definition) is 5. The summed E-state index contributed by atoms with van der Waals surface area (Å²) in [6.07, 6.45) is 0. The number of hydrogen-bond donors (Lipinski definition) is 0. The second kappa shape index (κ2) is 8.27. The van der Waals surface area contributed by atoms with E-state index in [4.69, 9.17) is 23.2 Å². The Morgan fingerprint density at radius 3 is 2.34 bits per heavy atom. The monoisotopic (exact) mass is 457 g/mol. The Morgan fingerprint density at radius 2 is 1.72 bits per heavy atom. The number of amides is 1. The Hall–Kier alpha value is -2.20. The fourth-order valence-corrected chi connectivity index (χ4v) is 5.12. The van der Waals surface area contributed by atoms with Crippen molar-refractivity contribution >= 4 is 44.8 Å². The first-order valence-electron chi connectivity index (χ1n) is 8.61. The highest BCUT2D eigenvalue weighted by Crippen LogP contribution is 2.27. The van der Waals surface area contributed by atoms with E-state index in [0.717, 1.165) is 6.07 Å². The van der Waals surface area contributed by atoms with Crippen LogP contribution >= 0.6 is 23.2 Å². The van der Waals surface area contributed by atoms with Crippen molar-refractivity contribution < 1.29 is 18.1 Å². The number of aryl methyl sites for hydroxylation is 1. The van der Waals surface area contributed by atoms with Gasteiger partial charge in [0.1, 0.15) is 0 Å². The maximum absolute atomic E-state index is 13.0. The van der Waals surface area contributed by atoms with E-state index in [2.05, 4.69) is 0 Å². The molecule has 1 fully saturated rings. The number of nitro benzene ring substituents is 1. The molecule has 2 aromatic rings. The molecule has 0 N–H and O–H groups in total. The lowest BCUT2D eigenvalue weighted by molar-refractivity contribution is -0.385. The van der Waals surface area contributed by atoms with E-state index in [1.807, 2.05) is 0 Å². The van der Waals surface area contributed by atoms with Crippen molar-refractivity contribution in [1.29, 1.82) is 0 Å². The van der Waals surface area contributed by atoms with Crippen LogP contribution in [0.3, 0.4) is 0 Å². The molecular weight excluding hydrogens is 441 g/mol. The molecule has 1 aliphatic rings. The first-order chi connectivity index (χ1) is 13.6. The predicted octanol–water partition coefficient (Wildman–Crippen LogP) is 3.36. The number of halogens is 2. The lowest BCUT2D eigenvalue weighted by atomic mass is 10.2. The fourth-order valence-electron chi connectivity index (χ4n) is 3.08. The van der Waals surface area contributed by atoms with Crippen molar-refractivity contribution in [2.75, 3.05) is 26.2 Å². The Labute approximate surface area is 177 Å². The summed E-state index contributed by atoms with van der Waals surface area (Å²) in [6, 6.07) is 8.32. The van der Waals surface area contributed by atoms with Crippen LogP contribution in [0.2, 0.25) is 10.0 Å². The molecule has 0 aliphatic carbocycles. The van der Waals surface area contributed by atoms with Crippen molar-refractivity contribution in [3.8, 4) is 0 Å². The number of nitro groups is 1. The lowest BCUT2D eigenvalue weighted by Gasteiger charge is -2.34. The van der Waals surface area contributed by atoms with Gasteiger partial charge in [0.25, 0.3) is 11.6 Å². The first kappa shape index (κ1) is 21.5. The van der Waals surface area contributed by atoms with Crippen LogP contribution in [-0.2, 0) is 10.0 Å². The fraction of sp³-hybridized carbons (Fsp3) is 0.278. The van der Waals surface area contributed by atoms with Crippen LogP contribution in [0.15, 0.2) is 41.3 Å². The number of piperazine rings is 1. The van der Waals surface area contributed by atoms with Gasteiger partial charge in [-0.1, -0.05) is 29.3 Å². The van der Waals surface area contributed by atoms with Gasteiger partial charge >= 0.3 is 0 Å². The Balaban J connectivity index is 1.78. The third-order valence-electron chi connectivity index (χ3n) is 4.69. The third kappa shape index (κ3) is 4.37. The average molecular weight is 458 g/mol. The highest BCUT2D eigenvalue weighted by Gasteiger charge is 2.32. The SMILES string of the molecule is Cc1ccc([N+](=O)[O-])cc1S(=O)(=O)N1CCN(C(=O)c2cc(Cl)ccc2Cl)CC1. The van der Waals surface area contributed by atoms with Gasteiger partial charge in [-0.2, -0.15) is 4.31 Å². The molecule has 0 unspecified atom stereocenters. The molecule has 1 aliphatic heterocycles. The molecule has 29 heavy (non-hydrogen) atoms. The maximum Gasteiger partial charge on any atom is 0.270 e. The number of nitrogens with zero attached hydrogens (tertiary/aromatic N) is 3. The van der Waals surface area contributed by atoms with Crippen LogP contribution in [-0.4, -0.2) is 54.6 Å².